The number of hydrogen-bond acceptors (Lipinski definition) is 7. The van der Waals surface area contributed by atoms with Crippen LogP contribution >= 0.6 is 11.5 Å². The molecule has 0 bridgehead atoms. The summed E-state index contributed by atoms with van der Waals surface area (Å²) in [6, 6.07) is 9.91. The van der Waals surface area contributed by atoms with Crippen LogP contribution in [0.3, 0.4) is 0 Å². The van der Waals surface area contributed by atoms with Crippen molar-refractivity contribution in [3.63, 3.8) is 0 Å². The number of ether oxygens (including phenoxy) is 3. The molecule has 1 heterocycles. The number of nitro benzene ring substituents is 1. The number of nitrogens with zero attached hydrogens (tertiary/aromatic N) is 2. The Bertz CT molecular complexity index is 937. The highest BCUT2D eigenvalue weighted by molar-refractivity contribution is 7.04. The second kappa shape index (κ2) is 7.40. The molecule has 7 nitrogen and oxygen atoms in total. The van der Waals surface area contributed by atoms with Gasteiger partial charge in [0.1, 0.15) is 5.75 Å². The number of non-ortho nitro benzene ring substituents is 1. The van der Waals surface area contributed by atoms with Gasteiger partial charge in [-0.1, -0.05) is 0 Å². The van der Waals surface area contributed by atoms with Gasteiger partial charge in [-0.15, -0.1) is 0 Å². The molecule has 26 heavy (non-hydrogen) atoms. The number of benzene rings is 2. The lowest BCUT2D eigenvalue weighted by Crippen LogP contribution is -1.95. The summed E-state index contributed by atoms with van der Waals surface area (Å²) >= 11 is 1.30. The Balaban J connectivity index is 2.12. The van der Waals surface area contributed by atoms with Crippen molar-refractivity contribution in [1.82, 2.24) is 4.37 Å². The van der Waals surface area contributed by atoms with Gasteiger partial charge in [0.15, 0.2) is 11.5 Å². The molecule has 0 N–H and O–H groups in total. The summed E-state index contributed by atoms with van der Waals surface area (Å²) in [6.07, 6.45) is 0. The Hall–Kier alpha value is -3.13. The highest BCUT2D eigenvalue weighted by Crippen LogP contribution is 2.43. The average Bonchev–Trinajstić information content (AvgIpc) is 3.16. The maximum atomic E-state index is 10.9. The first-order valence-electron chi connectivity index (χ1n) is 7.58. The minimum Gasteiger partial charge on any atom is -0.496 e. The lowest BCUT2D eigenvalue weighted by atomic mass is 10.0. The molecule has 0 aliphatic rings. The normalized spacial score (nSPS) is 10.4. The van der Waals surface area contributed by atoms with Crippen molar-refractivity contribution >= 4 is 17.2 Å². The second-order valence-corrected chi connectivity index (χ2v) is 5.92. The summed E-state index contributed by atoms with van der Waals surface area (Å²) in [4.78, 5) is 10.4. The molecule has 0 radical (unpaired) electrons. The third-order valence-corrected chi connectivity index (χ3v) is 4.55. The minimum absolute atomic E-state index is 0.0437. The zero-order valence-electron chi connectivity index (χ0n) is 14.4. The number of rotatable bonds is 6. The van der Waals surface area contributed by atoms with E-state index in [0.717, 1.165) is 16.7 Å². The molecule has 8 heteroatoms. The average molecular weight is 372 g/mol. The summed E-state index contributed by atoms with van der Waals surface area (Å²) in [6.45, 7) is 0. The van der Waals surface area contributed by atoms with Gasteiger partial charge in [-0.2, -0.15) is 4.37 Å². The zero-order chi connectivity index (χ0) is 18.7. The van der Waals surface area contributed by atoms with Crippen LogP contribution in [0.1, 0.15) is 0 Å². The van der Waals surface area contributed by atoms with Crippen LogP contribution in [0.25, 0.3) is 22.4 Å². The van der Waals surface area contributed by atoms with E-state index in [4.69, 9.17) is 14.2 Å². The van der Waals surface area contributed by atoms with Gasteiger partial charge in [-0.3, -0.25) is 10.1 Å². The first kappa shape index (κ1) is 17.7. The molecule has 0 unspecified atom stereocenters. The molecule has 3 aromatic rings. The van der Waals surface area contributed by atoms with Crippen molar-refractivity contribution in [3.05, 3.63) is 51.9 Å². The van der Waals surface area contributed by atoms with Crippen LogP contribution in [-0.2, 0) is 0 Å². The molecule has 0 saturated heterocycles. The molecule has 2 aromatic carbocycles. The topological polar surface area (TPSA) is 83.7 Å². The molecule has 0 fully saturated rings. The highest BCUT2D eigenvalue weighted by atomic mass is 32.1. The SMILES string of the molecule is COc1cc(OC)c(-c2nscc2-c2ccc([N+](=O)[O-])cc2)cc1OC. The highest BCUT2D eigenvalue weighted by Gasteiger charge is 2.19. The van der Waals surface area contributed by atoms with Crippen LogP contribution < -0.4 is 14.2 Å². The van der Waals surface area contributed by atoms with E-state index in [9.17, 15) is 10.1 Å². The van der Waals surface area contributed by atoms with E-state index in [1.807, 2.05) is 11.4 Å². The van der Waals surface area contributed by atoms with E-state index < -0.39 is 4.92 Å². The molecule has 0 atom stereocenters. The Kier molecular flexibility index (Phi) is 5.04. The fourth-order valence-electron chi connectivity index (χ4n) is 2.61. The van der Waals surface area contributed by atoms with Crippen LogP contribution in [0.15, 0.2) is 41.8 Å². The van der Waals surface area contributed by atoms with Crippen molar-refractivity contribution in [2.75, 3.05) is 21.3 Å². The third-order valence-electron chi connectivity index (χ3n) is 3.92. The molecular formula is C18H16N2O5S. The van der Waals surface area contributed by atoms with Gasteiger partial charge in [-0.25, -0.2) is 0 Å². The van der Waals surface area contributed by atoms with Crippen molar-refractivity contribution in [1.29, 1.82) is 0 Å². The lowest BCUT2D eigenvalue weighted by Gasteiger charge is -2.14. The summed E-state index contributed by atoms with van der Waals surface area (Å²) in [5, 5.41) is 12.8. The van der Waals surface area contributed by atoms with Gasteiger partial charge >= 0.3 is 0 Å². The van der Waals surface area contributed by atoms with Crippen LogP contribution in [0.5, 0.6) is 17.2 Å². The molecule has 0 saturated carbocycles. The quantitative estimate of drug-likeness (QED) is 0.471. The number of hydrogen-bond donors (Lipinski definition) is 0. The Morgan fingerprint density at radius 3 is 2.12 bits per heavy atom. The van der Waals surface area contributed by atoms with Gasteiger partial charge in [0.2, 0.25) is 0 Å². The van der Waals surface area contributed by atoms with Crippen LogP contribution in [-0.4, -0.2) is 30.6 Å². The molecule has 0 amide bonds. The predicted octanol–water partition coefficient (Wildman–Crippen LogP) is 4.41. The fraction of sp³-hybridized carbons (Fsp3) is 0.167. The largest absolute Gasteiger partial charge is 0.496 e. The van der Waals surface area contributed by atoms with Crippen LogP contribution in [0, 0.1) is 10.1 Å². The molecule has 0 aliphatic carbocycles. The summed E-state index contributed by atoms with van der Waals surface area (Å²) in [5.41, 5.74) is 3.19. The maximum absolute atomic E-state index is 10.9. The van der Waals surface area contributed by atoms with Gasteiger partial charge in [0, 0.05) is 34.7 Å². The zero-order valence-corrected chi connectivity index (χ0v) is 15.2. The smallest absolute Gasteiger partial charge is 0.269 e. The first-order valence-corrected chi connectivity index (χ1v) is 8.42. The van der Waals surface area contributed by atoms with E-state index in [0.29, 0.717) is 22.9 Å². The molecule has 1 aromatic heterocycles. The standard InChI is InChI=1S/C18H16N2O5S/c1-23-15-9-17(25-3)16(24-2)8-13(15)18-14(10-26-19-18)11-4-6-12(7-5-11)20(21)22/h4-10H,1-3H3. The lowest BCUT2D eigenvalue weighted by molar-refractivity contribution is -0.384. The maximum Gasteiger partial charge on any atom is 0.269 e. The summed E-state index contributed by atoms with van der Waals surface area (Å²) in [5.74, 6) is 1.71. The van der Waals surface area contributed by atoms with E-state index in [1.54, 1.807) is 39.5 Å². The first-order chi connectivity index (χ1) is 12.6. The number of nitro groups is 1. The minimum atomic E-state index is -0.423. The number of methoxy groups -OCH3 is 3. The molecule has 0 aliphatic heterocycles. The van der Waals surface area contributed by atoms with Crippen molar-refractivity contribution in [3.8, 4) is 39.6 Å². The third kappa shape index (κ3) is 3.18. The Morgan fingerprint density at radius 2 is 1.54 bits per heavy atom. The van der Waals surface area contributed by atoms with Crippen LogP contribution in [0.2, 0.25) is 0 Å². The molecule has 0 spiro atoms. The van der Waals surface area contributed by atoms with Crippen molar-refractivity contribution < 1.29 is 19.1 Å². The van der Waals surface area contributed by atoms with Gasteiger partial charge in [0.25, 0.3) is 5.69 Å². The van der Waals surface area contributed by atoms with Gasteiger partial charge < -0.3 is 14.2 Å². The van der Waals surface area contributed by atoms with E-state index in [1.165, 1.54) is 23.7 Å². The Morgan fingerprint density at radius 1 is 0.923 bits per heavy atom. The van der Waals surface area contributed by atoms with Gasteiger partial charge in [0.05, 0.1) is 31.9 Å². The van der Waals surface area contributed by atoms with Crippen molar-refractivity contribution in [2.24, 2.45) is 0 Å². The predicted molar refractivity (Wildman–Crippen MR) is 99.3 cm³/mol. The molecule has 134 valence electrons. The van der Waals surface area contributed by atoms with E-state index >= 15 is 0 Å². The van der Waals surface area contributed by atoms with Crippen molar-refractivity contribution in [2.45, 2.75) is 0 Å². The summed E-state index contributed by atoms with van der Waals surface area (Å²) in [7, 11) is 4.69. The molecular weight excluding hydrogens is 356 g/mol. The fourth-order valence-corrected chi connectivity index (χ4v) is 3.32. The summed E-state index contributed by atoms with van der Waals surface area (Å²) < 4.78 is 20.7. The molecule has 3 rings (SSSR count). The van der Waals surface area contributed by atoms with Crippen LogP contribution in [0.4, 0.5) is 5.69 Å². The van der Waals surface area contributed by atoms with E-state index in [-0.39, 0.29) is 5.69 Å². The Labute approximate surface area is 154 Å². The monoisotopic (exact) mass is 372 g/mol. The van der Waals surface area contributed by atoms with Gasteiger partial charge in [-0.05, 0) is 35.3 Å². The van der Waals surface area contributed by atoms with E-state index in [2.05, 4.69) is 4.37 Å². The number of aromatic nitrogens is 1. The second-order valence-electron chi connectivity index (χ2n) is 5.29.